The second kappa shape index (κ2) is 34.1. The highest BCUT2D eigenvalue weighted by atomic mass is 31.2. The topological polar surface area (TPSA) is 119 Å². The zero-order valence-corrected chi connectivity index (χ0v) is 30.5. The van der Waals surface area contributed by atoms with Crippen LogP contribution in [0.25, 0.3) is 0 Å². The van der Waals surface area contributed by atoms with E-state index in [-0.39, 0.29) is 19.4 Å². The van der Waals surface area contributed by atoms with Gasteiger partial charge < -0.3 is 19.3 Å². The number of carbonyl (C=O) groups is 2. The highest BCUT2D eigenvalue weighted by Gasteiger charge is 2.22. The molecule has 0 saturated heterocycles. The number of hydrogen-bond donors (Lipinski definition) is 2. The van der Waals surface area contributed by atoms with E-state index in [4.69, 9.17) is 19.3 Å². The minimum atomic E-state index is -4.77. The first-order valence-corrected chi connectivity index (χ1v) is 19.4. The fourth-order valence-corrected chi connectivity index (χ4v) is 4.62. The monoisotopic (exact) mass is 690 g/mol. The van der Waals surface area contributed by atoms with Gasteiger partial charge in [0.1, 0.15) is 6.61 Å². The van der Waals surface area contributed by atoms with E-state index in [2.05, 4.69) is 91.3 Å². The van der Waals surface area contributed by atoms with Gasteiger partial charge in [0, 0.05) is 12.8 Å². The number of phosphoric acid groups is 1. The summed E-state index contributed by atoms with van der Waals surface area (Å²) in [5.74, 6) is -1.01. The molecule has 9 heteroatoms. The summed E-state index contributed by atoms with van der Waals surface area (Å²) < 4.78 is 26.1. The van der Waals surface area contributed by atoms with Gasteiger partial charge in [0.2, 0.25) is 0 Å². The van der Waals surface area contributed by atoms with Crippen LogP contribution in [0.4, 0.5) is 0 Å². The Bertz CT molecular complexity index is 1050. The van der Waals surface area contributed by atoms with Crippen molar-refractivity contribution < 1.29 is 37.9 Å². The van der Waals surface area contributed by atoms with E-state index in [1.54, 1.807) is 0 Å². The number of hydrogen-bond acceptors (Lipinski definition) is 6. The van der Waals surface area contributed by atoms with Gasteiger partial charge in [-0.25, -0.2) is 4.57 Å². The Labute approximate surface area is 291 Å². The maximum absolute atomic E-state index is 12.3. The van der Waals surface area contributed by atoms with Gasteiger partial charge in [-0.05, 0) is 70.6 Å². The molecule has 0 heterocycles. The molecule has 0 spiro atoms. The Morgan fingerprint density at radius 2 is 1.04 bits per heavy atom. The van der Waals surface area contributed by atoms with Crippen molar-refractivity contribution >= 4 is 19.8 Å². The summed E-state index contributed by atoms with van der Waals surface area (Å²) in [4.78, 5) is 42.5. The maximum Gasteiger partial charge on any atom is 0.469 e. The molecule has 0 amide bonds. The van der Waals surface area contributed by atoms with Crippen LogP contribution in [0.15, 0.2) is 85.1 Å². The van der Waals surface area contributed by atoms with Crippen LogP contribution in [0.5, 0.6) is 0 Å². The molecule has 272 valence electrons. The highest BCUT2D eigenvalue weighted by molar-refractivity contribution is 7.46. The largest absolute Gasteiger partial charge is 0.469 e. The Balaban J connectivity index is 4.15. The van der Waals surface area contributed by atoms with E-state index < -0.39 is 32.5 Å². The third-order valence-electron chi connectivity index (χ3n) is 6.91. The Kier molecular flexibility index (Phi) is 32.1. The maximum atomic E-state index is 12.3. The summed E-state index contributed by atoms with van der Waals surface area (Å²) in [6.07, 6.45) is 44.6. The van der Waals surface area contributed by atoms with Crippen LogP contribution in [0, 0.1) is 0 Å². The molecule has 0 aromatic carbocycles. The summed E-state index contributed by atoms with van der Waals surface area (Å²) in [7, 11) is -4.77. The van der Waals surface area contributed by atoms with Crippen molar-refractivity contribution in [3.63, 3.8) is 0 Å². The van der Waals surface area contributed by atoms with Crippen LogP contribution in [0.1, 0.15) is 129 Å². The predicted molar refractivity (Wildman–Crippen MR) is 197 cm³/mol. The first-order valence-electron chi connectivity index (χ1n) is 17.9. The van der Waals surface area contributed by atoms with Crippen molar-refractivity contribution in [1.29, 1.82) is 0 Å². The minimum Gasteiger partial charge on any atom is -0.462 e. The van der Waals surface area contributed by atoms with E-state index in [0.29, 0.717) is 12.8 Å². The summed E-state index contributed by atoms with van der Waals surface area (Å²) in [5.41, 5.74) is 0. The smallest absolute Gasteiger partial charge is 0.462 e. The van der Waals surface area contributed by atoms with E-state index >= 15 is 0 Å². The molecular formula is C39H63O8P. The van der Waals surface area contributed by atoms with Gasteiger partial charge in [-0.1, -0.05) is 131 Å². The minimum absolute atomic E-state index is 0.136. The number of ether oxygens (including phenoxy) is 2. The summed E-state index contributed by atoms with van der Waals surface area (Å²) in [6.45, 7) is 3.42. The van der Waals surface area contributed by atoms with Gasteiger partial charge in [0.05, 0.1) is 6.61 Å². The van der Waals surface area contributed by atoms with Crippen molar-refractivity contribution in [1.82, 2.24) is 0 Å². The fourth-order valence-electron chi connectivity index (χ4n) is 4.26. The van der Waals surface area contributed by atoms with Gasteiger partial charge >= 0.3 is 19.8 Å². The quantitative estimate of drug-likeness (QED) is 0.0319. The third kappa shape index (κ3) is 36.1. The molecule has 0 unspecified atom stereocenters. The van der Waals surface area contributed by atoms with Crippen LogP contribution in [0.2, 0.25) is 0 Å². The number of rotatable bonds is 31. The van der Waals surface area contributed by atoms with Gasteiger partial charge in [-0.2, -0.15) is 0 Å². The van der Waals surface area contributed by atoms with Gasteiger partial charge in [0.15, 0.2) is 6.10 Å². The van der Waals surface area contributed by atoms with Crippen molar-refractivity contribution in [2.75, 3.05) is 13.2 Å². The molecule has 0 saturated carbocycles. The Morgan fingerprint density at radius 3 is 1.58 bits per heavy atom. The Hall–Kier alpha value is -2.77. The number of unbranched alkanes of at least 4 members (excludes halogenated alkanes) is 7. The average molecular weight is 691 g/mol. The summed E-state index contributed by atoms with van der Waals surface area (Å²) >= 11 is 0. The standard InChI is InChI=1S/C39H63O8P/c1-3-5-7-9-11-13-15-16-17-18-19-20-21-22-24-25-27-29-31-33-38(40)45-35-37(36-46-48(42,43)44)47-39(41)34-32-30-28-26-23-14-12-10-8-6-4-2/h5,7,10-13,16-17,19-20,22,24,27,29,37H,3-4,6,8-9,14-15,18,21,23,25-26,28,30-36H2,1-2H3,(H2,42,43,44)/b7-5-,12-10-,13-11-,17-16-,20-19-,24-22-,29-27-/t37-/m1/s1. The summed E-state index contributed by atoms with van der Waals surface area (Å²) in [5, 5.41) is 0. The molecule has 8 nitrogen and oxygen atoms in total. The SMILES string of the molecule is CC/C=C\C/C=C\C/C=C\C/C=C\C/C=C\C/C=C\CCC(=O)OC[C@H](COP(=O)(O)O)OC(=O)CCCCCCC/C=C\CCCC. The van der Waals surface area contributed by atoms with Gasteiger partial charge in [-0.15, -0.1) is 0 Å². The van der Waals surface area contributed by atoms with Gasteiger partial charge in [0.25, 0.3) is 0 Å². The van der Waals surface area contributed by atoms with E-state index in [1.807, 2.05) is 12.2 Å². The molecule has 0 fully saturated rings. The summed E-state index contributed by atoms with van der Waals surface area (Å²) in [6, 6.07) is 0. The number of allylic oxidation sites excluding steroid dienone is 14. The second-order valence-electron chi connectivity index (χ2n) is 11.5. The lowest BCUT2D eigenvalue weighted by Crippen LogP contribution is -2.29. The van der Waals surface area contributed by atoms with Crippen molar-refractivity contribution in [2.24, 2.45) is 0 Å². The van der Waals surface area contributed by atoms with E-state index in [9.17, 15) is 14.2 Å². The first kappa shape index (κ1) is 45.2. The zero-order valence-electron chi connectivity index (χ0n) is 29.6. The fraction of sp³-hybridized carbons (Fsp3) is 0.590. The van der Waals surface area contributed by atoms with Crippen molar-refractivity contribution in [3.05, 3.63) is 85.1 Å². The zero-order chi connectivity index (χ0) is 35.4. The Morgan fingerprint density at radius 1 is 0.562 bits per heavy atom. The lowest BCUT2D eigenvalue weighted by molar-refractivity contribution is -0.161. The lowest BCUT2D eigenvalue weighted by atomic mass is 10.1. The first-order chi connectivity index (χ1) is 23.3. The van der Waals surface area contributed by atoms with Crippen LogP contribution in [-0.4, -0.2) is 41.0 Å². The normalized spacial score (nSPS) is 13.5. The third-order valence-corrected chi connectivity index (χ3v) is 7.40. The van der Waals surface area contributed by atoms with Crippen LogP contribution >= 0.6 is 7.82 Å². The molecule has 2 N–H and O–H groups in total. The predicted octanol–water partition coefficient (Wildman–Crippen LogP) is 10.5. The number of esters is 2. The molecule has 0 radical (unpaired) electrons. The molecule has 0 rings (SSSR count). The molecule has 0 aromatic rings. The number of carbonyl (C=O) groups excluding carboxylic acids is 2. The molecular weight excluding hydrogens is 627 g/mol. The van der Waals surface area contributed by atoms with Crippen molar-refractivity contribution in [3.8, 4) is 0 Å². The second-order valence-corrected chi connectivity index (χ2v) is 12.7. The molecule has 0 aliphatic rings. The van der Waals surface area contributed by atoms with E-state index in [0.717, 1.165) is 77.0 Å². The molecule has 48 heavy (non-hydrogen) atoms. The van der Waals surface area contributed by atoms with Gasteiger partial charge in [-0.3, -0.25) is 14.1 Å². The average Bonchev–Trinajstić information content (AvgIpc) is 3.05. The van der Waals surface area contributed by atoms with Crippen LogP contribution in [0.3, 0.4) is 0 Å². The van der Waals surface area contributed by atoms with Crippen molar-refractivity contribution in [2.45, 2.75) is 136 Å². The molecule has 0 aliphatic carbocycles. The molecule has 0 aromatic heterocycles. The van der Waals surface area contributed by atoms with Crippen LogP contribution < -0.4 is 0 Å². The van der Waals surface area contributed by atoms with Crippen LogP contribution in [-0.2, 0) is 28.2 Å². The lowest BCUT2D eigenvalue weighted by Gasteiger charge is -2.18. The van der Waals surface area contributed by atoms with E-state index in [1.165, 1.54) is 12.8 Å². The molecule has 0 bridgehead atoms. The molecule has 0 aliphatic heterocycles. The molecule has 1 atom stereocenters. The number of phosphoric ester groups is 1. The highest BCUT2D eigenvalue weighted by Crippen LogP contribution is 2.35.